The van der Waals surface area contributed by atoms with E-state index in [2.05, 4.69) is 20.6 Å². The van der Waals surface area contributed by atoms with Gasteiger partial charge in [0.05, 0.1) is 12.2 Å². The Morgan fingerprint density at radius 1 is 1.31 bits per heavy atom. The molecule has 0 spiro atoms. The summed E-state index contributed by atoms with van der Waals surface area (Å²) in [5.74, 6) is 0.902. The molecule has 1 aliphatic rings. The van der Waals surface area contributed by atoms with Crippen molar-refractivity contribution in [2.45, 2.75) is 38.9 Å². The van der Waals surface area contributed by atoms with Crippen molar-refractivity contribution in [1.29, 1.82) is 0 Å². The zero-order chi connectivity index (χ0) is 18.4. The monoisotopic (exact) mass is 356 g/mol. The molecule has 1 unspecified atom stereocenters. The number of amides is 1. The number of hydrogen-bond acceptors (Lipinski definition) is 6. The van der Waals surface area contributed by atoms with Crippen LogP contribution in [0.4, 0.5) is 11.6 Å². The number of carbonyl (C=O) groups is 1. The zero-order valence-electron chi connectivity index (χ0n) is 15.1. The minimum absolute atomic E-state index is 0.108. The molecule has 3 rings (SSSR count). The summed E-state index contributed by atoms with van der Waals surface area (Å²) in [6.45, 7) is 5.38. The molecular weight excluding hydrogens is 332 g/mol. The molecule has 2 N–H and O–H groups in total. The maximum Gasteiger partial charge on any atom is 0.274 e. The molecule has 2 aromatic rings. The summed E-state index contributed by atoms with van der Waals surface area (Å²) >= 11 is 0. The molecule has 0 bridgehead atoms. The third-order valence-electron chi connectivity index (χ3n) is 3.88. The Morgan fingerprint density at radius 3 is 2.81 bits per heavy atom. The van der Waals surface area contributed by atoms with Crippen LogP contribution in [0.2, 0.25) is 0 Å². The second-order valence-corrected chi connectivity index (χ2v) is 6.43. The molecular formula is C19H24N4O3. The summed E-state index contributed by atoms with van der Waals surface area (Å²) in [6.07, 6.45) is 3.97. The topological polar surface area (TPSA) is 85.4 Å². The van der Waals surface area contributed by atoms with Crippen LogP contribution in [0.15, 0.2) is 36.5 Å². The number of ether oxygens (including phenoxy) is 2. The van der Waals surface area contributed by atoms with E-state index in [1.807, 2.05) is 26.0 Å². The van der Waals surface area contributed by atoms with Crippen LogP contribution in [0, 0.1) is 0 Å². The summed E-state index contributed by atoms with van der Waals surface area (Å²) in [4.78, 5) is 20.8. The van der Waals surface area contributed by atoms with Gasteiger partial charge in [0.2, 0.25) is 5.95 Å². The molecule has 1 amide bonds. The maximum absolute atomic E-state index is 12.4. The first-order chi connectivity index (χ1) is 12.6. The molecule has 138 valence electrons. The fourth-order valence-electron chi connectivity index (χ4n) is 2.66. The molecule has 26 heavy (non-hydrogen) atoms. The summed E-state index contributed by atoms with van der Waals surface area (Å²) in [7, 11) is 0. The number of aromatic nitrogens is 2. The second-order valence-electron chi connectivity index (χ2n) is 6.43. The first kappa shape index (κ1) is 18.1. The average Bonchev–Trinajstić information content (AvgIpc) is 3.15. The number of rotatable bonds is 7. The molecule has 7 heteroatoms. The van der Waals surface area contributed by atoms with Gasteiger partial charge in [-0.15, -0.1) is 0 Å². The zero-order valence-corrected chi connectivity index (χ0v) is 15.1. The lowest BCUT2D eigenvalue weighted by molar-refractivity contribution is 0.102. The normalized spacial score (nSPS) is 16.5. The van der Waals surface area contributed by atoms with E-state index in [0.29, 0.717) is 23.9 Å². The van der Waals surface area contributed by atoms with E-state index in [1.165, 1.54) is 0 Å². The number of carbonyl (C=O) groups excluding carboxylic acids is 1. The first-order valence-corrected chi connectivity index (χ1v) is 8.87. The van der Waals surface area contributed by atoms with Crippen LogP contribution in [0.3, 0.4) is 0 Å². The smallest absolute Gasteiger partial charge is 0.274 e. The van der Waals surface area contributed by atoms with E-state index < -0.39 is 0 Å². The lowest BCUT2D eigenvalue weighted by atomic mass is 10.2. The quantitative estimate of drug-likeness (QED) is 0.793. The van der Waals surface area contributed by atoms with Gasteiger partial charge in [-0.2, -0.15) is 0 Å². The lowest BCUT2D eigenvalue weighted by Gasteiger charge is -2.12. The van der Waals surface area contributed by atoms with E-state index >= 15 is 0 Å². The van der Waals surface area contributed by atoms with Crippen molar-refractivity contribution in [2.75, 3.05) is 23.8 Å². The lowest BCUT2D eigenvalue weighted by Crippen LogP contribution is -2.21. The van der Waals surface area contributed by atoms with E-state index in [1.54, 1.807) is 24.4 Å². The van der Waals surface area contributed by atoms with Gasteiger partial charge >= 0.3 is 0 Å². The fraction of sp³-hybridized carbons (Fsp3) is 0.421. The Bertz CT molecular complexity index is 728. The SMILES string of the molecule is CC(C)Oc1ccc(NC(=O)c2ccnc(NCC3CCCO3)n2)cc1. The van der Waals surface area contributed by atoms with E-state index in [-0.39, 0.29) is 18.1 Å². The predicted octanol–water partition coefficient (Wildman–Crippen LogP) is 3.11. The summed E-state index contributed by atoms with van der Waals surface area (Å²) < 4.78 is 11.1. The van der Waals surface area contributed by atoms with Gasteiger partial charge in [0.1, 0.15) is 11.4 Å². The van der Waals surface area contributed by atoms with Gasteiger partial charge in [-0.05, 0) is 57.0 Å². The number of anilines is 2. The highest BCUT2D eigenvalue weighted by Gasteiger charge is 2.16. The molecule has 1 fully saturated rings. The molecule has 0 aliphatic carbocycles. The molecule has 0 saturated carbocycles. The Hall–Kier alpha value is -2.67. The van der Waals surface area contributed by atoms with Crippen LogP contribution >= 0.6 is 0 Å². The van der Waals surface area contributed by atoms with Gasteiger partial charge in [-0.3, -0.25) is 4.79 Å². The van der Waals surface area contributed by atoms with Crippen molar-refractivity contribution < 1.29 is 14.3 Å². The Morgan fingerprint density at radius 2 is 2.12 bits per heavy atom. The van der Waals surface area contributed by atoms with Crippen molar-refractivity contribution >= 4 is 17.5 Å². The predicted molar refractivity (Wildman–Crippen MR) is 99.7 cm³/mol. The van der Waals surface area contributed by atoms with E-state index in [0.717, 1.165) is 25.2 Å². The highest BCUT2D eigenvalue weighted by atomic mass is 16.5. The van der Waals surface area contributed by atoms with Gasteiger partial charge in [-0.25, -0.2) is 9.97 Å². The fourth-order valence-corrected chi connectivity index (χ4v) is 2.66. The number of nitrogens with zero attached hydrogens (tertiary/aromatic N) is 2. The van der Waals surface area contributed by atoms with E-state index in [4.69, 9.17) is 9.47 Å². The van der Waals surface area contributed by atoms with Crippen LogP contribution < -0.4 is 15.4 Å². The average molecular weight is 356 g/mol. The molecule has 2 heterocycles. The molecule has 7 nitrogen and oxygen atoms in total. The highest BCUT2D eigenvalue weighted by Crippen LogP contribution is 2.17. The van der Waals surface area contributed by atoms with Gasteiger partial charge < -0.3 is 20.1 Å². The molecule has 0 radical (unpaired) electrons. The third kappa shape index (κ3) is 5.16. The summed E-state index contributed by atoms with van der Waals surface area (Å²) in [6, 6.07) is 8.83. The van der Waals surface area contributed by atoms with Gasteiger partial charge in [-0.1, -0.05) is 0 Å². The number of benzene rings is 1. The molecule has 1 saturated heterocycles. The summed E-state index contributed by atoms with van der Waals surface area (Å²) in [5, 5.41) is 5.95. The van der Waals surface area contributed by atoms with Crippen LogP contribution in [0.25, 0.3) is 0 Å². The summed E-state index contributed by atoms with van der Waals surface area (Å²) in [5.41, 5.74) is 0.982. The Balaban J connectivity index is 1.57. The maximum atomic E-state index is 12.4. The van der Waals surface area contributed by atoms with Crippen molar-refractivity contribution in [3.05, 3.63) is 42.2 Å². The van der Waals surface area contributed by atoms with Crippen LogP contribution in [-0.4, -0.2) is 41.2 Å². The van der Waals surface area contributed by atoms with Crippen LogP contribution in [0.5, 0.6) is 5.75 Å². The largest absolute Gasteiger partial charge is 0.491 e. The van der Waals surface area contributed by atoms with Gasteiger partial charge in [0, 0.05) is 25.0 Å². The standard InChI is InChI=1S/C19H24N4O3/c1-13(2)26-15-7-5-14(6-8-15)22-18(24)17-9-10-20-19(23-17)21-12-16-4-3-11-25-16/h5-10,13,16H,3-4,11-12H2,1-2H3,(H,22,24)(H,20,21,23). The van der Waals surface area contributed by atoms with Gasteiger partial charge in [0.15, 0.2) is 0 Å². The third-order valence-corrected chi connectivity index (χ3v) is 3.88. The second kappa shape index (κ2) is 8.62. The van der Waals surface area contributed by atoms with Crippen molar-refractivity contribution in [3.8, 4) is 5.75 Å². The van der Waals surface area contributed by atoms with Crippen molar-refractivity contribution in [1.82, 2.24) is 9.97 Å². The minimum Gasteiger partial charge on any atom is -0.491 e. The number of hydrogen-bond donors (Lipinski definition) is 2. The molecule has 1 aliphatic heterocycles. The molecule has 1 aromatic carbocycles. The van der Waals surface area contributed by atoms with Crippen molar-refractivity contribution in [2.24, 2.45) is 0 Å². The molecule has 1 atom stereocenters. The Kier molecular flexibility index (Phi) is 6.01. The Labute approximate surface area is 153 Å². The van der Waals surface area contributed by atoms with E-state index in [9.17, 15) is 4.79 Å². The first-order valence-electron chi connectivity index (χ1n) is 8.87. The highest BCUT2D eigenvalue weighted by molar-refractivity contribution is 6.02. The molecule has 1 aromatic heterocycles. The van der Waals surface area contributed by atoms with Gasteiger partial charge in [0.25, 0.3) is 5.91 Å². The minimum atomic E-state index is -0.287. The van der Waals surface area contributed by atoms with Crippen LogP contribution in [-0.2, 0) is 4.74 Å². The number of nitrogens with one attached hydrogen (secondary N) is 2. The van der Waals surface area contributed by atoms with Crippen molar-refractivity contribution in [3.63, 3.8) is 0 Å². The van der Waals surface area contributed by atoms with Crippen LogP contribution in [0.1, 0.15) is 37.2 Å².